The van der Waals surface area contributed by atoms with Gasteiger partial charge in [-0.05, 0) is 30.2 Å². The number of carboxylic acids is 1. The molecule has 0 aromatic heterocycles. The normalized spacial score (nSPS) is 12.0. The smallest absolute Gasteiger partial charge is 0.331 e. The predicted molar refractivity (Wildman–Crippen MR) is 60.0 cm³/mol. The average molecular weight is 239 g/mol. The molecule has 1 unspecified atom stereocenters. The van der Waals surface area contributed by atoms with Crippen LogP contribution in [0.2, 0.25) is 0 Å². The highest BCUT2D eigenvalue weighted by molar-refractivity contribution is 5.83. The lowest BCUT2D eigenvalue weighted by Gasteiger charge is -2.25. The fourth-order valence-corrected chi connectivity index (χ4v) is 1.64. The summed E-state index contributed by atoms with van der Waals surface area (Å²) in [5.74, 6) is -1.93. The molecule has 0 bridgehead atoms. The highest BCUT2D eigenvalue weighted by atomic mass is 19.1. The molecule has 0 fully saturated rings. The minimum absolute atomic E-state index is 0.360. The average Bonchev–Trinajstić information content (AvgIpc) is 2.20. The van der Waals surface area contributed by atoms with Crippen LogP contribution in [-0.2, 0) is 9.59 Å². The van der Waals surface area contributed by atoms with Gasteiger partial charge in [0.15, 0.2) is 6.04 Å². The van der Waals surface area contributed by atoms with E-state index in [2.05, 4.69) is 0 Å². The Morgan fingerprint density at radius 2 is 2.00 bits per heavy atom. The van der Waals surface area contributed by atoms with Crippen molar-refractivity contribution in [3.63, 3.8) is 0 Å². The SMILES string of the molecule is CC(=O)N(C)C(C(=O)O)c1ccc(F)cc1C. The quantitative estimate of drug-likeness (QED) is 0.874. The summed E-state index contributed by atoms with van der Waals surface area (Å²) < 4.78 is 12.9. The number of likely N-dealkylation sites (N-methyl/N-ethyl adjacent to an activating group) is 1. The second kappa shape index (κ2) is 4.95. The summed E-state index contributed by atoms with van der Waals surface area (Å²) in [5, 5.41) is 9.15. The molecule has 0 aliphatic rings. The van der Waals surface area contributed by atoms with E-state index in [-0.39, 0.29) is 5.91 Å². The lowest BCUT2D eigenvalue weighted by molar-refractivity contribution is -0.148. The molecule has 0 aliphatic carbocycles. The Morgan fingerprint density at radius 1 is 1.41 bits per heavy atom. The number of benzene rings is 1. The molecule has 1 rings (SSSR count). The molecule has 1 atom stereocenters. The third-order valence-electron chi connectivity index (χ3n) is 2.64. The van der Waals surface area contributed by atoms with Crippen LogP contribution in [0.4, 0.5) is 4.39 Å². The third kappa shape index (κ3) is 2.81. The van der Waals surface area contributed by atoms with E-state index in [1.807, 2.05) is 0 Å². The van der Waals surface area contributed by atoms with Gasteiger partial charge in [0.2, 0.25) is 5.91 Å². The first-order chi connectivity index (χ1) is 7.84. The fraction of sp³-hybridized carbons (Fsp3) is 0.333. The summed E-state index contributed by atoms with van der Waals surface area (Å²) in [4.78, 5) is 23.5. The third-order valence-corrected chi connectivity index (χ3v) is 2.64. The van der Waals surface area contributed by atoms with Crippen molar-refractivity contribution in [3.05, 3.63) is 35.1 Å². The highest BCUT2D eigenvalue weighted by Crippen LogP contribution is 2.24. The molecule has 17 heavy (non-hydrogen) atoms. The Labute approximate surface area is 98.7 Å². The molecule has 1 amide bonds. The molecule has 1 aromatic rings. The highest BCUT2D eigenvalue weighted by Gasteiger charge is 2.27. The Hall–Kier alpha value is -1.91. The van der Waals surface area contributed by atoms with Gasteiger partial charge in [0.25, 0.3) is 0 Å². The van der Waals surface area contributed by atoms with E-state index in [0.717, 1.165) is 4.90 Å². The van der Waals surface area contributed by atoms with Crippen LogP contribution in [0, 0.1) is 12.7 Å². The number of carbonyl (C=O) groups excluding carboxylic acids is 1. The number of amides is 1. The molecule has 5 heteroatoms. The molecule has 4 nitrogen and oxygen atoms in total. The Kier molecular flexibility index (Phi) is 3.83. The topological polar surface area (TPSA) is 57.6 Å². The number of rotatable bonds is 3. The summed E-state index contributed by atoms with van der Waals surface area (Å²) >= 11 is 0. The molecular formula is C12H14FNO3. The zero-order valence-corrected chi connectivity index (χ0v) is 9.90. The first-order valence-electron chi connectivity index (χ1n) is 5.07. The van der Waals surface area contributed by atoms with E-state index in [0.29, 0.717) is 11.1 Å². The molecule has 0 saturated carbocycles. The van der Waals surface area contributed by atoms with Crippen LogP contribution in [0.25, 0.3) is 0 Å². The van der Waals surface area contributed by atoms with Crippen molar-refractivity contribution < 1.29 is 19.1 Å². The summed E-state index contributed by atoms with van der Waals surface area (Å²) in [5.41, 5.74) is 0.919. The van der Waals surface area contributed by atoms with Gasteiger partial charge in [-0.25, -0.2) is 9.18 Å². The molecule has 0 aliphatic heterocycles. The number of aliphatic carboxylic acids is 1. The van der Waals surface area contributed by atoms with Crippen molar-refractivity contribution in [3.8, 4) is 0 Å². The molecule has 0 spiro atoms. The van der Waals surface area contributed by atoms with Gasteiger partial charge in [0, 0.05) is 14.0 Å². The summed E-state index contributed by atoms with van der Waals surface area (Å²) in [6.45, 7) is 2.90. The molecule has 92 valence electrons. The zero-order chi connectivity index (χ0) is 13.2. The summed E-state index contributed by atoms with van der Waals surface area (Å²) in [6, 6.07) is 2.74. The number of aryl methyl sites for hydroxylation is 1. The van der Waals surface area contributed by atoms with Gasteiger partial charge in [-0.1, -0.05) is 6.07 Å². The van der Waals surface area contributed by atoms with Crippen LogP contribution in [0.15, 0.2) is 18.2 Å². The second-order valence-corrected chi connectivity index (χ2v) is 3.87. The summed E-state index contributed by atoms with van der Waals surface area (Å²) in [7, 11) is 1.41. The van der Waals surface area contributed by atoms with Gasteiger partial charge < -0.3 is 10.0 Å². The lowest BCUT2D eigenvalue weighted by atomic mass is 10.00. The Morgan fingerprint density at radius 3 is 2.41 bits per heavy atom. The van der Waals surface area contributed by atoms with Crippen LogP contribution in [0.1, 0.15) is 24.1 Å². The summed E-state index contributed by atoms with van der Waals surface area (Å²) in [6.07, 6.45) is 0. The van der Waals surface area contributed by atoms with E-state index >= 15 is 0 Å². The van der Waals surface area contributed by atoms with Crippen molar-refractivity contribution in [2.75, 3.05) is 7.05 Å². The van der Waals surface area contributed by atoms with Crippen molar-refractivity contribution in [2.24, 2.45) is 0 Å². The predicted octanol–water partition coefficient (Wildman–Crippen LogP) is 1.74. The number of hydrogen-bond donors (Lipinski definition) is 1. The van der Waals surface area contributed by atoms with E-state index in [9.17, 15) is 14.0 Å². The van der Waals surface area contributed by atoms with Crippen LogP contribution in [-0.4, -0.2) is 28.9 Å². The molecule has 1 N–H and O–H groups in total. The van der Waals surface area contributed by atoms with Crippen LogP contribution < -0.4 is 0 Å². The molecule has 0 radical (unpaired) electrons. The maximum Gasteiger partial charge on any atom is 0.331 e. The molecular weight excluding hydrogens is 225 g/mol. The number of halogens is 1. The van der Waals surface area contributed by atoms with Gasteiger partial charge in [-0.2, -0.15) is 0 Å². The van der Waals surface area contributed by atoms with Crippen molar-refractivity contribution >= 4 is 11.9 Å². The monoisotopic (exact) mass is 239 g/mol. The van der Waals surface area contributed by atoms with E-state index in [1.165, 1.54) is 32.2 Å². The Bertz CT molecular complexity index is 459. The number of hydrogen-bond acceptors (Lipinski definition) is 2. The van der Waals surface area contributed by atoms with Crippen molar-refractivity contribution in [1.82, 2.24) is 4.90 Å². The fourth-order valence-electron chi connectivity index (χ4n) is 1.64. The first kappa shape index (κ1) is 13.2. The maximum absolute atomic E-state index is 12.9. The van der Waals surface area contributed by atoms with E-state index < -0.39 is 17.8 Å². The number of carboxylic acid groups (broad SMARTS) is 1. The minimum Gasteiger partial charge on any atom is -0.479 e. The van der Waals surface area contributed by atoms with Gasteiger partial charge >= 0.3 is 5.97 Å². The largest absolute Gasteiger partial charge is 0.479 e. The Balaban J connectivity index is 3.23. The maximum atomic E-state index is 12.9. The van der Waals surface area contributed by atoms with E-state index in [4.69, 9.17) is 5.11 Å². The molecule has 0 saturated heterocycles. The van der Waals surface area contributed by atoms with Crippen LogP contribution >= 0.6 is 0 Å². The van der Waals surface area contributed by atoms with Crippen LogP contribution in [0.3, 0.4) is 0 Å². The number of carbonyl (C=O) groups is 2. The standard InChI is InChI=1S/C12H14FNO3/c1-7-6-9(13)4-5-10(7)11(12(16)17)14(3)8(2)15/h4-6,11H,1-3H3,(H,16,17). The minimum atomic E-state index is -1.14. The zero-order valence-electron chi connectivity index (χ0n) is 9.90. The van der Waals surface area contributed by atoms with E-state index in [1.54, 1.807) is 6.92 Å². The molecule has 1 aromatic carbocycles. The van der Waals surface area contributed by atoms with Crippen molar-refractivity contribution in [1.29, 1.82) is 0 Å². The number of nitrogens with zero attached hydrogens (tertiary/aromatic N) is 1. The van der Waals surface area contributed by atoms with Crippen LogP contribution in [0.5, 0.6) is 0 Å². The van der Waals surface area contributed by atoms with Gasteiger partial charge in [-0.3, -0.25) is 4.79 Å². The van der Waals surface area contributed by atoms with Gasteiger partial charge in [0.1, 0.15) is 5.82 Å². The van der Waals surface area contributed by atoms with Gasteiger partial charge in [-0.15, -0.1) is 0 Å². The van der Waals surface area contributed by atoms with Gasteiger partial charge in [0.05, 0.1) is 0 Å². The molecule has 0 heterocycles. The second-order valence-electron chi connectivity index (χ2n) is 3.87. The lowest BCUT2D eigenvalue weighted by Crippen LogP contribution is -2.34. The van der Waals surface area contributed by atoms with Crippen molar-refractivity contribution in [2.45, 2.75) is 19.9 Å². The first-order valence-corrected chi connectivity index (χ1v) is 5.07.